The fraction of sp³-hybridized carbons (Fsp3) is 0.381. The number of hydrazine groups is 1. The molecule has 172 valence electrons. The Hall–Kier alpha value is -2.73. The number of hydrogen-bond acceptors (Lipinski definition) is 8. The van der Waals surface area contributed by atoms with Crippen LogP contribution in [0.3, 0.4) is 0 Å². The van der Waals surface area contributed by atoms with Gasteiger partial charge in [-0.1, -0.05) is 12.1 Å². The molecule has 0 bridgehead atoms. The number of halogens is 1. The third-order valence-corrected chi connectivity index (χ3v) is 6.12. The molecule has 1 N–H and O–H groups in total. The van der Waals surface area contributed by atoms with Crippen LogP contribution in [0.1, 0.15) is 22.0 Å². The molecule has 11 heteroatoms. The fourth-order valence-electron chi connectivity index (χ4n) is 3.60. The summed E-state index contributed by atoms with van der Waals surface area (Å²) in [6.45, 7) is 2.14. The zero-order valence-corrected chi connectivity index (χ0v) is 18.3. The van der Waals surface area contributed by atoms with Crippen LogP contribution in [0.5, 0.6) is 5.75 Å². The van der Waals surface area contributed by atoms with E-state index < -0.39 is 23.0 Å². The van der Waals surface area contributed by atoms with Crippen LogP contribution in [-0.2, 0) is 20.4 Å². The number of anilines is 1. The number of morpholine rings is 1. The molecule has 1 unspecified atom stereocenters. The maximum Gasteiger partial charge on any atom is 0.340 e. The predicted octanol–water partition coefficient (Wildman–Crippen LogP) is 1.28. The number of thiol groups is 1. The van der Waals surface area contributed by atoms with Crippen LogP contribution in [0.25, 0.3) is 0 Å². The lowest BCUT2D eigenvalue weighted by atomic mass is 10.1. The SMILES string of the molecule is COC(=O)c1cc(OC2CNC2)ccc1N(N1CCOC(c2ccc(F)cc2)C1)[SH](=O)=O. The zero-order chi connectivity index (χ0) is 22.7. The molecular formula is C21H24FN3O6S. The molecule has 2 aromatic rings. The van der Waals surface area contributed by atoms with Crippen molar-refractivity contribution in [2.45, 2.75) is 12.2 Å². The lowest BCUT2D eigenvalue weighted by Crippen LogP contribution is -2.50. The Kier molecular flexibility index (Phi) is 6.89. The summed E-state index contributed by atoms with van der Waals surface area (Å²) in [5.74, 6) is -0.594. The first-order valence-electron chi connectivity index (χ1n) is 10.1. The van der Waals surface area contributed by atoms with Crippen molar-refractivity contribution < 1.29 is 31.8 Å². The lowest BCUT2D eigenvalue weighted by Gasteiger charge is -2.38. The number of hydrogen-bond donors (Lipinski definition) is 2. The first-order valence-corrected chi connectivity index (χ1v) is 11.3. The standard InChI is InChI=1S/C21H24FN3O6S/c1-29-21(26)18-10-16(31-17-11-23-12-17)6-7-19(18)25(32(27)28)24-8-9-30-20(13-24)14-2-4-15(22)5-3-14/h2-7,10,17,20,23,32H,8-9,11-13H2,1H3. The summed E-state index contributed by atoms with van der Waals surface area (Å²) in [5.41, 5.74) is 0.955. The third-order valence-electron chi connectivity index (χ3n) is 5.34. The average Bonchev–Trinajstić information content (AvgIpc) is 2.77. The molecular weight excluding hydrogens is 441 g/mol. The molecule has 0 amide bonds. The van der Waals surface area contributed by atoms with Gasteiger partial charge in [0.15, 0.2) is 0 Å². The van der Waals surface area contributed by atoms with Crippen molar-refractivity contribution in [1.29, 1.82) is 0 Å². The highest BCUT2D eigenvalue weighted by molar-refractivity contribution is 7.73. The normalized spacial score (nSPS) is 19.4. The number of ether oxygens (including phenoxy) is 3. The Morgan fingerprint density at radius 3 is 2.59 bits per heavy atom. The van der Waals surface area contributed by atoms with E-state index in [1.54, 1.807) is 23.2 Å². The summed E-state index contributed by atoms with van der Waals surface area (Å²) < 4.78 is 55.4. The molecule has 32 heavy (non-hydrogen) atoms. The number of esters is 1. The Balaban J connectivity index is 1.63. The number of carbonyl (C=O) groups excluding carboxylic acids is 1. The molecule has 2 fully saturated rings. The van der Waals surface area contributed by atoms with E-state index in [2.05, 4.69) is 5.32 Å². The maximum atomic E-state index is 13.3. The predicted molar refractivity (Wildman–Crippen MR) is 115 cm³/mol. The fourth-order valence-corrected chi connectivity index (χ4v) is 4.32. The van der Waals surface area contributed by atoms with E-state index in [1.807, 2.05) is 0 Å². The van der Waals surface area contributed by atoms with E-state index in [1.165, 1.54) is 31.4 Å². The summed E-state index contributed by atoms with van der Waals surface area (Å²) >= 11 is 0. The van der Waals surface area contributed by atoms with E-state index in [0.29, 0.717) is 18.8 Å². The van der Waals surface area contributed by atoms with Gasteiger partial charge in [0.2, 0.25) is 10.9 Å². The minimum absolute atomic E-state index is 0.00528. The van der Waals surface area contributed by atoms with Crippen molar-refractivity contribution >= 4 is 22.5 Å². The first kappa shape index (κ1) is 22.5. The molecule has 0 saturated carbocycles. The second-order valence-corrected chi connectivity index (χ2v) is 8.27. The monoisotopic (exact) mass is 465 g/mol. The van der Waals surface area contributed by atoms with Gasteiger partial charge in [0.25, 0.3) is 0 Å². The molecule has 0 aliphatic carbocycles. The molecule has 2 aromatic carbocycles. The van der Waals surface area contributed by atoms with Crippen LogP contribution in [0, 0.1) is 5.82 Å². The van der Waals surface area contributed by atoms with Gasteiger partial charge >= 0.3 is 5.97 Å². The van der Waals surface area contributed by atoms with Crippen molar-refractivity contribution in [3.05, 3.63) is 59.4 Å². The Labute approximate surface area is 186 Å². The molecule has 0 spiro atoms. The van der Waals surface area contributed by atoms with E-state index in [9.17, 15) is 17.6 Å². The Bertz CT molecular complexity index is 1040. The highest BCUT2D eigenvalue weighted by Gasteiger charge is 2.31. The number of rotatable bonds is 7. The molecule has 0 aromatic heterocycles. The molecule has 1 atom stereocenters. The second kappa shape index (κ2) is 9.82. The number of nitrogens with zero attached hydrogens (tertiary/aromatic N) is 2. The van der Waals surface area contributed by atoms with Gasteiger partial charge in [-0.25, -0.2) is 27.0 Å². The van der Waals surface area contributed by atoms with Gasteiger partial charge in [0, 0.05) is 26.2 Å². The van der Waals surface area contributed by atoms with Crippen LogP contribution in [0.2, 0.25) is 0 Å². The third kappa shape index (κ3) is 4.85. The molecule has 2 saturated heterocycles. The molecule has 2 heterocycles. The van der Waals surface area contributed by atoms with Crippen LogP contribution in [-0.4, -0.2) is 65.4 Å². The quantitative estimate of drug-likeness (QED) is 0.466. The van der Waals surface area contributed by atoms with Crippen LogP contribution in [0.4, 0.5) is 10.1 Å². The van der Waals surface area contributed by atoms with E-state index in [4.69, 9.17) is 14.2 Å². The van der Waals surface area contributed by atoms with E-state index >= 15 is 0 Å². The van der Waals surface area contributed by atoms with Crippen molar-refractivity contribution in [2.24, 2.45) is 0 Å². The summed E-state index contributed by atoms with van der Waals surface area (Å²) in [5, 5.41) is 4.68. The largest absolute Gasteiger partial charge is 0.488 e. The number of methoxy groups -OCH3 is 1. The summed E-state index contributed by atoms with van der Waals surface area (Å²) in [7, 11) is -1.90. The summed E-state index contributed by atoms with van der Waals surface area (Å²) in [6.07, 6.45) is -0.466. The van der Waals surface area contributed by atoms with Gasteiger partial charge in [0.05, 0.1) is 31.1 Å². The maximum absolute atomic E-state index is 13.3. The first-order chi connectivity index (χ1) is 15.5. The zero-order valence-electron chi connectivity index (χ0n) is 17.4. The van der Waals surface area contributed by atoms with Crippen LogP contribution >= 0.6 is 0 Å². The minimum atomic E-state index is -3.14. The van der Waals surface area contributed by atoms with Gasteiger partial charge in [-0.3, -0.25) is 0 Å². The number of nitrogens with one attached hydrogen (secondary N) is 1. The highest BCUT2D eigenvalue weighted by Crippen LogP contribution is 2.31. The summed E-state index contributed by atoms with van der Waals surface area (Å²) in [4.78, 5) is 12.5. The second-order valence-electron chi connectivity index (χ2n) is 7.42. The number of carbonyl (C=O) groups is 1. The van der Waals surface area contributed by atoms with Crippen molar-refractivity contribution in [1.82, 2.24) is 10.3 Å². The lowest BCUT2D eigenvalue weighted by molar-refractivity contribution is -0.0276. The van der Waals surface area contributed by atoms with Gasteiger partial charge in [-0.15, -0.1) is 0 Å². The van der Waals surface area contributed by atoms with Crippen molar-refractivity contribution in [3.63, 3.8) is 0 Å². The highest BCUT2D eigenvalue weighted by atomic mass is 32.2. The molecule has 9 nitrogen and oxygen atoms in total. The van der Waals surface area contributed by atoms with Gasteiger partial charge < -0.3 is 19.5 Å². The van der Waals surface area contributed by atoms with Gasteiger partial charge in [-0.05, 0) is 35.9 Å². The van der Waals surface area contributed by atoms with Crippen LogP contribution in [0.15, 0.2) is 42.5 Å². The van der Waals surface area contributed by atoms with E-state index in [0.717, 1.165) is 9.98 Å². The van der Waals surface area contributed by atoms with Gasteiger partial charge in [0.1, 0.15) is 17.7 Å². The molecule has 2 aliphatic heterocycles. The van der Waals surface area contributed by atoms with E-state index in [-0.39, 0.29) is 42.9 Å². The Morgan fingerprint density at radius 1 is 1.22 bits per heavy atom. The summed E-state index contributed by atoms with van der Waals surface area (Å²) in [6, 6.07) is 10.5. The van der Waals surface area contributed by atoms with Crippen LogP contribution < -0.4 is 14.5 Å². The molecule has 0 radical (unpaired) electrons. The minimum Gasteiger partial charge on any atom is -0.488 e. The Morgan fingerprint density at radius 2 is 1.97 bits per heavy atom. The molecule has 4 rings (SSSR count). The molecule has 2 aliphatic rings. The van der Waals surface area contributed by atoms with Gasteiger partial charge in [-0.2, -0.15) is 0 Å². The number of benzene rings is 2. The van der Waals surface area contributed by atoms with Crippen molar-refractivity contribution in [3.8, 4) is 5.75 Å². The van der Waals surface area contributed by atoms with Crippen molar-refractivity contribution in [2.75, 3.05) is 44.3 Å². The smallest absolute Gasteiger partial charge is 0.340 e. The average molecular weight is 466 g/mol. The topological polar surface area (TPSA) is 97.4 Å².